The van der Waals surface area contributed by atoms with E-state index in [0.717, 1.165) is 10.5 Å². The fraction of sp³-hybridized carbons (Fsp3) is 0.154. The van der Waals surface area contributed by atoms with Gasteiger partial charge in [-0.3, -0.25) is 10.2 Å². The lowest BCUT2D eigenvalue weighted by atomic mass is 10.3. The number of nitrogens with one attached hydrogen (secondary N) is 1. The molecule has 0 saturated heterocycles. The first-order chi connectivity index (χ1) is 9.51. The number of amides is 1. The first-order valence-corrected chi connectivity index (χ1v) is 7.05. The summed E-state index contributed by atoms with van der Waals surface area (Å²) in [5, 5.41) is 0.0853. The number of nitrogen functional groups attached to an aromatic ring is 1. The zero-order chi connectivity index (χ0) is 14.7. The maximum absolute atomic E-state index is 13.0. The average Bonchev–Trinajstić information content (AvgIpc) is 2.80. The number of nitrogens with two attached hydrogens (primary N) is 1. The molecule has 1 amide bonds. The van der Waals surface area contributed by atoms with Crippen LogP contribution in [0.2, 0.25) is 5.02 Å². The Labute approximate surface area is 124 Å². The Hall–Kier alpha value is -1.50. The van der Waals surface area contributed by atoms with E-state index >= 15 is 0 Å². The van der Waals surface area contributed by atoms with Crippen molar-refractivity contribution in [2.24, 2.45) is 5.84 Å². The number of furan rings is 1. The first-order valence-electron chi connectivity index (χ1n) is 5.69. The van der Waals surface area contributed by atoms with Crippen LogP contribution in [0.15, 0.2) is 33.6 Å². The third-order valence-electron chi connectivity index (χ3n) is 2.66. The van der Waals surface area contributed by atoms with Crippen LogP contribution in [0, 0.1) is 12.7 Å². The summed E-state index contributed by atoms with van der Waals surface area (Å²) in [5.41, 5.74) is 2.88. The van der Waals surface area contributed by atoms with E-state index in [1.165, 1.54) is 17.8 Å². The second-order valence-electron chi connectivity index (χ2n) is 4.03. The van der Waals surface area contributed by atoms with Crippen molar-refractivity contribution in [1.82, 2.24) is 5.43 Å². The summed E-state index contributed by atoms with van der Waals surface area (Å²) in [4.78, 5) is 12.2. The van der Waals surface area contributed by atoms with Crippen LogP contribution in [0.1, 0.15) is 21.9 Å². The Morgan fingerprint density at radius 2 is 2.25 bits per heavy atom. The molecule has 0 radical (unpaired) electrons. The monoisotopic (exact) mass is 314 g/mol. The highest BCUT2D eigenvalue weighted by Crippen LogP contribution is 2.28. The summed E-state index contributed by atoms with van der Waals surface area (Å²) in [6, 6.07) is 6.16. The Morgan fingerprint density at radius 3 is 2.90 bits per heavy atom. The van der Waals surface area contributed by atoms with Gasteiger partial charge >= 0.3 is 5.91 Å². The zero-order valence-corrected chi connectivity index (χ0v) is 12.1. The summed E-state index contributed by atoms with van der Waals surface area (Å²) in [5.74, 6) is 5.51. The van der Waals surface area contributed by atoms with Crippen LogP contribution >= 0.6 is 23.4 Å². The molecule has 0 aliphatic heterocycles. The van der Waals surface area contributed by atoms with E-state index in [-0.39, 0.29) is 10.8 Å². The Bertz CT molecular complexity index is 645. The SMILES string of the molecule is Cc1oc(C(=O)NN)cc1CSc1ccc(F)c(Cl)c1. The van der Waals surface area contributed by atoms with E-state index in [2.05, 4.69) is 0 Å². The van der Waals surface area contributed by atoms with Crippen molar-refractivity contribution in [3.63, 3.8) is 0 Å². The number of aryl methyl sites for hydroxylation is 1. The van der Waals surface area contributed by atoms with Crippen LogP contribution in [0.5, 0.6) is 0 Å². The number of carbonyl (C=O) groups excluding carboxylic acids is 1. The number of hydrogen-bond acceptors (Lipinski definition) is 4. The van der Waals surface area contributed by atoms with Crippen molar-refractivity contribution in [3.05, 3.63) is 52.2 Å². The fourth-order valence-corrected chi connectivity index (χ4v) is 2.79. The highest BCUT2D eigenvalue weighted by molar-refractivity contribution is 7.98. The van der Waals surface area contributed by atoms with Crippen molar-refractivity contribution in [3.8, 4) is 0 Å². The topological polar surface area (TPSA) is 68.3 Å². The maximum atomic E-state index is 13.0. The second-order valence-corrected chi connectivity index (χ2v) is 5.49. The maximum Gasteiger partial charge on any atom is 0.300 e. The van der Waals surface area contributed by atoms with Crippen molar-refractivity contribution in [1.29, 1.82) is 0 Å². The van der Waals surface area contributed by atoms with E-state index in [1.807, 2.05) is 5.43 Å². The van der Waals surface area contributed by atoms with Gasteiger partial charge in [-0.25, -0.2) is 10.2 Å². The molecule has 0 atom stereocenters. The largest absolute Gasteiger partial charge is 0.456 e. The van der Waals surface area contributed by atoms with Gasteiger partial charge in [-0.15, -0.1) is 11.8 Å². The predicted molar refractivity (Wildman–Crippen MR) is 76.1 cm³/mol. The highest BCUT2D eigenvalue weighted by atomic mass is 35.5. The summed E-state index contributed by atoms with van der Waals surface area (Å²) in [6.45, 7) is 1.76. The minimum absolute atomic E-state index is 0.0853. The Morgan fingerprint density at radius 1 is 1.50 bits per heavy atom. The molecule has 0 saturated carbocycles. The molecule has 7 heteroatoms. The predicted octanol–water partition coefficient (Wildman–Crippen LogP) is 3.28. The van der Waals surface area contributed by atoms with E-state index in [1.54, 1.807) is 25.1 Å². The molecule has 0 unspecified atom stereocenters. The number of thioether (sulfide) groups is 1. The van der Waals surface area contributed by atoms with Crippen molar-refractivity contribution < 1.29 is 13.6 Å². The molecule has 1 aromatic heterocycles. The summed E-state index contributed by atoms with van der Waals surface area (Å²) in [6.07, 6.45) is 0. The zero-order valence-electron chi connectivity index (χ0n) is 10.6. The minimum Gasteiger partial charge on any atom is -0.456 e. The molecule has 3 N–H and O–H groups in total. The Balaban J connectivity index is 2.08. The van der Waals surface area contributed by atoms with Crippen LogP contribution in [0.4, 0.5) is 4.39 Å². The molecular weight excluding hydrogens is 303 g/mol. The summed E-state index contributed by atoms with van der Waals surface area (Å²) in [7, 11) is 0. The van der Waals surface area contributed by atoms with Gasteiger partial charge in [0, 0.05) is 16.2 Å². The van der Waals surface area contributed by atoms with Crippen molar-refractivity contribution in [2.45, 2.75) is 17.6 Å². The molecule has 106 valence electrons. The molecule has 1 heterocycles. The van der Waals surface area contributed by atoms with Crippen LogP contribution < -0.4 is 11.3 Å². The van der Waals surface area contributed by atoms with Gasteiger partial charge in [0.25, 0.3) is 0 Å². The van der Waals surface area contributed by atoms with Crippen LogP contribution in [0.25, 0.3) is 0 Å². The number of benzene rings is 1. The van der Waals surface area contributed by atoms with Crippen LogP contribution in [-0.2, 0) is 5.75 Å². The lowest BCUT2D eigenvalue weighted by molar-refractivity contribution is 0.0924. The molecule has 2 aromatic rings. The number of hydrazine groups is 1. The summed E-state index contributed by atoms with van der Waals surface area (Å²) < 4.78 is 18.4. The van der Waals surface area contributed by atoms with E-state index in [4.69, 9.17) is 21.9 Å². The van der Waals surface area contributed by atoms with Gasteiger partial charge in [-0.1, -0.05) is 11.6 Å². The molecule has 0 aliphatic carbocycles. The smallest absolute Gasteiger partial charge is 0.300 e. The first kappa shape index (κ1) is 14.9. The van der Waals surface area contributed by atoms with E-state index in [9.17, 15) is 9.18 Å². The number of hydrogen-bond donors (Lipinski definition) is 2. The van der Waals surface area contributed by atoms with Crippen LogP contribution in [-0.4, -0.2) is 5.91 Å². The molecule has 0 fully saturated rings. The molecule has 1 aromatic carbocycles. The van der Waals surface area contributed by atoms with Gasteiger partial charge in [-0.2, -0.15) is 0 Å². The van der Waals surface area contributed by atoms with Gasteiger partial charge < -0.3 is 4.42 Å². The lowest BCUT2D eigenvalue weighted by Crippen LogP contribution is -2.29. The molecule has 0 aliphatic rings. The van der Waals surface area contributed by atoms with E-state index in [0.29, 0.717) is 11.5 Å². The summed E-state index contributed by atoms with van der Waals surface area (Å²) >= 11 is 7.19. The van der Waals surface area contributed by atoms with Gasteiger partial charge in [0.15, 0.2) is 5.76 Å². The normalized spacial score (nSPS) is 10.6. The number of carbonyl (C=O) groups is 1. The third-order valence-corrected chi connectivity index (χ3v) is 3.99. The highest BCUT2D eigenvalue weighted by Gasteiger charge is 2.13. The molecule has 20 heavy (non-hydrogen) atoms. The van der Waals surface area contributed by atoms with Crippen molar-refractivity contribution >= 4 is 29.3 Å². The Kier molecular flexibility index (Phi) is 4.69. The quantitative estimate of drug-likeness (QED) is 0.393. The molecule has 4 nitrogen and oxygen atoms in total. The standard InChI is InChI=1S/C13H12ClFN2O2S/c1-7-8(4-12(19-7)13(18)17-16)6-20-9-2-3-11(15)10(14)5-9/h2-5H,6,16H2,1H3,(H,17,18). The number of halogens is 2. The van der Waals surface area contributed by atoms with Gasteiger partial charge in [0.05, 0.1) is 5.02 Å². The van der Waals surface area contributed by atoms with Gasteiger partial charge in [0.1, 0.15) is 11.6 Å². The number of rotatable bonds is 4. The van der Waals surface area contributed by atoms with Gasteiger partial charge in [0.2, 0.25) is 0 Å². The molecular formula is C13H12ClFN2O2S. The third kappa shape index (κ3) is 3.33. The van der Waals surface area contributed by atoms with Crippen LogP contribution in [0.3, 0.4) is 0 Å². The molecule has 0 spiro atoms. The van der Waals surface area contributed by atoms with Crippen molar-refractivity contribution in [2.75, 3.05) is 0 Å². The van der Waals surface area contributed by atoms with E-state index < -0.39 is 11.7 Å². The molecule has 0 bridgehead atoms. The fourth-order valence-electron chi connectivity index (χ4n) is 1.57. The van der Waals surface area contributed by atoms with Gasteiger partial charge in [-0.05, 0) is 31.2 Å². The average molecular weight is 315 g/mol. The minimum atomic E-state index is -0.478. The lowest BCUT2D eigenvalue weighted by Gasteiger charge is -2.02. The molecule has 2 rings (SSSR count). The second kappa shape index (κ2) is 6.30.